The minimum atomic E-state index is -2.94. The average Bonchev–Trinajstić information content (AvgIpc) is 3.74. The molecule has 20 nitrogen and oxygen atoms in total. The number of hydrogen-bond donors (Lipinski definition) is 3. The zero-order valence-electron chi connectivity index (χ0n) is 32.4. The van der Waals surface area contributed by atoms with Crippen molar-refractivity contribution < 1.29 is 91.2 Å². The van der Waals surface area contributed by atoms with E-state index in [1.807, 2.05) is 0 Å². The monoisotopic (exact) mass is 817 g/mol. The number of cyclic esters (lactones) is 1. The van der Waals surface area contributed by atoms with Gasteiger partial charge >= 0.3 is 41.8 Å². The van der Waals surface area contributed by atoms with E-state index in [1.165, 1.54) is 25.3 Å². The summed E-state index contributed by atoms with van der Waals surface area (Å²) in [4.78, 5) is 98.1. The van der Waals surface area contributed by atoms with E-state index in [9.17, 15) is 48.9 Å². The molecule has 4 aliphatic rings. The van der Waals surface area contributed by atoms with E-state index in [2.05, 4.69) is 4.98 Å². The van der Waals surface area contributed by atoms with Gasteiger partial charge in [-0.15, -0.1) is 0 Å². The molecular weight excluding hydrogens is 774 g/mol. The maximum atomic E-state index is 14.2. The molecule has 58 heavy (non-hydrogen) atoms. The SMILES string of the molecule is CC(=O)OC1C2OC(=O)C(C)(O)Cc3ccncc3C(=O)OCC3(C)OC4(C(OC(C)=O)C3C(O)C(OC(C)=O)C4(COC(=O)c3ccoc3)C1OC(C)=O)C2(C)O. The summed E-state index contributed by atoms with van der Waals surface area (Å²) in [6.07, 6.45) is -8.84. The van der Waals surface area contributed by atoms with E-state index >= 15 is 0 Å². The Hall–Kier alpha value is -5.44. The molecule has 314 valence electrons. The Kier molecular flexibility index (Phi) is 10.7. The predicted molar refractivity (Wildman–Crippen MR) is 185 cm³/mol. The van der Waals surface area contributed by atoms with Crippen molar-refractivity contribution in [2.45, 2.75) is 114 Å². The van der Waals surface area contributed by atoms with Gasteiger partial charge in [0.25, 0.3) is 0 Å². The van der Waals surface area contributed by atoms with E-state index < -0.39 is 132 Å². The van der Waals surface area contributed by atoms with E-state index in [0.717, 1.165) is 60.3 Å². The number of fused-ring (bicyclic) bond motifs is 5. The third kappa shape index (κ3) is 6.56. The number of ether oxygens (including phenoxy) is 8. The lowest BCUT2D eigenvalue weighted by atomic mass is 9.45. The van der Waals surface area contributed by atoms with Gasteiger partial charge in [0.1, 0.15) is 54.4 Å². The molecule has 3 N–H and O–H groups in total. The fourth-order valence-electron chi connectivity index (χ4n) is 9.21. The average molecular weight is 818 g/mol. The van der Waals surface area contributed by atoms with Crippen LogP contribution in [-0.4, -0.2) is 134 Å². The Morgan fingerprint density at radius 2 is 1.50 bits per heavy atom. The summed E-state index contributed by atoms with van der Waals surface area (Å²) in [5.74, 6) is -9.65. The minimum Gasteiger partial charge on any atom is -0.472 e. The van der Waals surface area contributed by atoms with Gasteiger partial charge in [-0.3, -0.25) is 24.2 Å². The number of carbonyl (C=O) groups excluding carboxylic acids is 7. The molecule has 4 bridgehead atoms. The smallest absolute Gasteiger partial charge is 0.341 e. The Bertz CT molecular complexity index is 2010. The zero-order valence-corrected chi connectivity index (χ0v) is 32.4. The third-order valence-corrected chi connectivity index (χ3v) is 11.3. The molecule has 2 aliphatic carbocycles. The predicted octanol–water partition coefficient (Wildman–Crippen LogP) is -0.0965. The fourth-order valence-corrected chi connectivity index (χ4v) is 9.21. The molecule has 2 saturated carbocycles. The summed E-state index contributed by atoms with van der Waals surface area (Å²) in [6.45, 7) is 5.17. The van der Waals surface area contributed by atoms with Crippen LogP contribution in [0.25, 0.3) is 0 Å². The maximum Gasteiger partial charge on any atom is 0.341 e. The van der Waals surface area contributed by atoms with E-state index in [4.69, 9.17) is 42.3 Å². The summed E-state index contributed by atoms with van der Waals surface area (Å²) in [7, 11) is 0. The van der Waals surface area contributed by atoms with Crippen molar-refractivity contribution in [2.24, 2.45) is 11.3 Å². The van der Waals surface area contributed by atoms with Crippen molar-refractivity contribution in [3.8, 4) is 0 Å². The van der Waals surface area contributed by atoms with Crippen molar-refractivity contribution >= 4 is 41.8 Å². The Balaban J connectivity index is 1.74. The Morgan fingerprint density at radius 3 is 2.10 bits per heavy atom. The first-order valence-corrected chi connectivity index (χ1v) is 18.1. The number of nitrogens with zero attached hydrogens (tertiary/aromatic N) is 1. The number of furan rings is 1. The van der Waals surface area contributed by atoms with Crippen LogP contribution < -0.4 is 0 Å². The van der Waals surface area contributed by atoms with Crippen LogP contribution in [0.15, 0.2) is 41.5 Å². The summed E-state index contributed by atoms with van der Waals surface area (Å²) < 4.78 is 52.8. The molecule has 6 rings (SSSR count). The molecule has 2 aliphatic heterocycles. The van der Waals surface area contributed by atoms with Crippen LogP contribution in [0, 0.1) is 11.3 Å². The number of aromatic nitrogens is 1. The third-order valence-electron chi connectivity index (χ3n) is 11.3. The molecule has 3 fully saturated rings. The highest BCUT2D eigenvalue weighted by Crippen LogP contribution is 2.69. The number of esters is 7. The van der Waals surface area contributed by atoms with Gasteiger partial charge in [-0.25, -0.2) is 14.4 Å². The first-order chi connectivity index (χ1) is 27.0. The Labute approximate surface area is 329 Å². The first kappa shape index (κ1) is 42.2. The molecule has 0 radical (unpaired) electrons. The summed E-state index contributed by atoms with van der Waals surface area (Å²) in [5, 5.41) is 37.6. The van der Waals surface area contributed by atoms with Gasteiger partial charge in [-0.2, -0.15) is 0 Å². The van der Waals surface area contributed by atoms with Gasteiger partial charge in [0.05, 0.1) is 23.3 Å². The van der Waals surface area contributed by atoms with Crippen LogP contribution in [0.2, 0.25) is 0 Å². The number of aliphatic hydroxyl groups is 3. The number of rotatable bonds is 7. The first-order valence-electron chi connectivity index (χ1n) is 18.1. The highest BCUT2D eigenvalue weighted by molar-refractivity contribution is 5.91. The lowest BCUT2D eigenvalue weighted by Crippen LogP contribution is -2.89. The highest BCUT2D eigenvalue weighted by Gasteiger charge is 2.91. The van der Waals surface area contributed by atoms with Crippen molar-refractivity contribution in [1.29, 1.82) is 0 Å². The molecule has 1 saturated heterocycles. The Morgan fingerprint density at radius 1 is 0.879 bits per heavy atom. The molecule has 2 aromatic rings. The molecule has 12 unspecified atom stereocenters. The van der Waals surface area contributed by atoms with Crippen LogP contribution in [0.4, 0.5) is 0 Å². The largest absolute Gasteiger partial charge is 0.472 e. The van der Waals surface area contributed by atoms with Crippen molar-refractivity contribution in [3.05, 3.63) is 53.7 Å². The van der Waals surface area contributed by atoms with Crippen LogP contribution in [-0.2, 0) is 68.3 Å². The van der Waals surface area contributed by atoms with Crippen molar-refractivity contribution in [1.82, 2.24) is 4.98 Å². The lowest BCUT2D eigenvalue weighted by Gasteiger charge is -2.67. The van der Waals surface area contributed by atoms with E-state index in [0.29, 0.717) is 0 Å². The molecule has 1 spiro atoms. The van der Waals surface area contributed by atoms with Gasteiger partial charge in [0.15, 0.2) is 29.5 Å². The van der Waals surface area contributed by atoms with Gasteiger partial charge in [0, 0.05) is 46.5 Å². The normalized spacial score (nSPS) is 37.9. The zero-order chi connectivity index (χ0) is 42.7. The molecule has 4 heterocycles. The van der Waals surface area contributed by atoms with E-state index in [1.54, 1.807) is 0 Å². The van der Waals surface area contributed by atoms with E-state index in [-0.39, 0.29) is 16.7 Å². The molecule has 0 aromatic carbocycles. The van der Waals surface area contributed by atoms with Gasteiger partial charge in [-0.05, 0) is 38.5 Å². The second-order valence-corrected chi connectivity index (χ2v) is 15.5. The van der Waals surface area contributed by atoms with Crippen molar-refractivity contribution in [2.75, 3.05) is 13.2 Å². The number of aliphatic hydroxyl groups excluding tert-OH is 1. The lowest BCUT2D eigenvalue weighted by molar-refractivity contribution is -0.386. The van der Waals surface area contributed by atoms with Crippen LogP contribution >= 0.6 is 0 Å². The van der Waals surface area contributed by atoms with Crippen LogP contribution in [0.5, 0.6) is 0 Å². The second-order valence-electron chi connectivity index (χ2n) is 15.5. The van der Waals surface area contributed by atoms with Gasteiger partial charge < -0.3 is 57.6 Å². The van der Waals surface area contributed by atoms with Crippen molar-refractivity contribution in [3.63, 3.8) is 0 Å². The molecule has 20 heteroatoms. The summed E-state index contributed by atoms with van der Waals surface area (Å²) in [5.41, 5.74) is -13.4. The van der Waals surface area contributed by atoms with Crippen LogP contribution in [0.1, 0.15) is 74.7 Å². The molecule has 0 amide bonds. The van der Waals surface area contributed by atoms with Gasteiger partial charge in [-0.1, -0.05) is 0 Å². The summed E-state index contributed by atoms with van der Waals surface area (Å²) in [6, 6.07) is 2.56. The number of pyridine rings is 1. The molecule has 12 atom stereocenters. The van der Waals surface area contributed by atoms with Gasteiger partial charge in [0.2, 0.25) is 0 Å². The highest BCUT2D eigenvalue weighted by atomic mass is 16.7. The molecular formula is C38H43NO19. The molecule has 2 aromatic heterocycles. The second kappa shape index (κ2) is 14.7. The van der Waals surface area contributed by atoms with Crippen LogP contribution in [0.3, 0.4) is 0 Å². The quantitative estimate of drug-likeness (QED) is 0.243. The maximum absolute atomic E-state index is 14.2. The number of hydrogen-bond acceptors (Lipinski definition) is 20. The number of carbonyl (C=O) groups is 7. The topological polar surface area (TPSA) is 280 Å². The standard InChI is InChI=1S/C38H43NO19/c1-17(40)53-26-29-36(7,49)38-27(54-18(2)41)24(35(6,58-38)15-51-32(46)23-13-39-10-8-21(23)12-34(5,48)33(47)57-29)25(44)28(55-19(3)42)37(38,30(26)56-20(4)43)16-52-31(45)22-9-11-50-14-22/h8-11,13-14,24-30,44,48-49H,12,15-16H2,1-7H3. The fraction of sp³-hybridized carbons (Fsp3) is 0.579. The summed E-state index contributed by atoms with van der Waals surface area (Å²) >= 11 is 0. The minimum absolute atomic E-state index is 0.0580.